The molecule has 0 aromatic heterocycles. The van der Waals surface area contributed by atoms with E-state index in [1.54, 1.807) is 12.2 Å². The van der Waals surface area contributed by atoms with E-state index in [0.29, 0.717) is 22.3 Å². The maximum absolute atomic E-state index is 14.2. The number of rotatable bonds is 2. The molecule has 6 atom stereocenters. The van der Waals surface area contributed by atoms with Crippen LogP contribution in [0.1, 0.15) is 22.3 Å². The number of phenols is 4. The van der Waals surface area contributed by atoms with Gasteiger partial charge in [-0.05, 0) is 52.6 Å². The summed E-state index contributed by atoms with van der Waals surface area (Å²) in [6.45, 7) is -0.489. The third kappa shape index (κ3) is 3.11. The van der Waals surface area contributed by atoms with Gasteiger partial charge in [0.1, 0.15) is 47.5 Å². The Hall–Kier alpha value is -4.58. The van der Waals surface area contributed by atoms with Crippen LogP contribution in [-0.4, -0.2) is 79.8 Å². The van der Waals surface area contributed by atoms with Gasteiger partial charge in [0.05, 0.1) is 5.41 Å². The average molecular weight is 601 g/mol. The Balaban J connectivity index is 1.45. The number of ketones is 2. The van der Waals surface area contributed by atoms with E-state index < -0.39 is 51.3 Å². The molecule has 0 saturated carbocycles. The highest BCUT2D eigenvalue weighted by Crippen LogP contribution is 2.62. The fourth-order valence-electron chi connectivity index (χ4n) is 8.63. The second-order valence-corrected chi connectivity index (χ2v) is 12.6. The van der Waals surface area contributed by atoms with Crippen LogP contribution in [0.25, 0.3) is 0 Å². The molecule has 0 amide bonds. The van der Waals surface area contributed by atoms with Crippen LogP contribution >= 0.6 is 0 Å². The van der Waals surface area contributed by atoms with E-state index in [1.807, 2.05) is 0 Å². The lowest BCUT2D eigenvalue weighted by atomic mass is 9.49. The van der Waals surface area contributed by atoms with Crippen LogP contribution in [0.5, 0.6) is 23.0 Å². The van der Waals surface area contributed by atoms with Crippen LogP contribution < -0.4 is 0 Å². The summed E-state index contributed by atoms with van der Waals surface area (Å²) in [5.74, 6) is -3.22. The van der Waals surface area contributed by atoms with Crippen LogP contribution in [0.3, 0.4) is 0 Å². The minimum atomic E-state index is -1.75. The summed E-state index contributed by atoms with van der Waals surface area (Å²) in [6, 6.07) is 5.44. The predicted octanol–water partition coefficient (Wildman–Crippen LogP) is 1.37. The summed E-state index contributed by atoms with van der Waals surface area (Å²) in [7, 11) is 1.42. The molecule has 6 N–H and O–H groups in total. The Labute approximate surface area is 250 Å². The Bertz CT molecular complexity index is 1850. The summed E-state index contributed by atoms with van der Waals surface area (Å²) in [5, 5.41) is 66.2. The largest absolute Gasteiger partial charge is 0.504 e. The Morgan fingerprint density at radius 2 is 1.32 bits per heavy atom. The van der Waals surface area contributed by atoms with Gasteiger partial charge in [0.25, 0.3) is 0 Å². The van der Waals surface area contributed by atoms with Crippen molar-refractivity contribution in [3.63, 3.8) is 0 Å². The molecule has 2 heterocycles. The summed E-state index contributed by atoms with van der Waals surface area (Å²) in [6.07, 6.45) is 6.01. The summed E-state index contributed by atoms with van der Waals surface area (Å²) < 4.78 is 18.0. The molecule has 8 rings (SSSR count). The molecular formula is C33H28O11. The highest BCUT2D eigenvalue weighted by Gasteiger charge is 2.67. The number of methoxy groups -OCH3 is 1. The third-order valence-electron chi connectivity index (χ3n) is 10.2. The second kappa shape index (κ2) is 8.32. The van der Waals surface area contributed by atoms with Crippen molar-refractivity contribution < 1.29 is 54.4 Å². The number of hydrogen-bond acceptors (Lipinski definition) is 11. The highest BCUT2D eigenvalue weighted by molar-refractivity contribution is 6.08. The predicted molar refractivity (Wildman–Crippen MR) is 150 cm³/mol. The highest BCUT2D eigenvalue weighted by atomic mass is 16.5. The van der Waals surface area contributed by atoms with Crippen molar-refractivity contribution in [3.8, 4) is 23.0 Å². The summed E-state index contributed by atoms with van der Waals surface area (Å²) >= 11 is 0. The van der Waals surface area contributed by atoms with Gasteiger partial charge in [0, 0.05) is 43.6 Å². The van der Waals surface area contributed by atoms with E-state index in [2.05, 4.69) is 0 Å². The van der Waals surface area contributed by atoms with E-state index in [-0.39, 0.29) is 60.4 Å². The number of phenolic OH excluding ortho intramolecular Hbond substituents is 4. The lowest BCUT2D eigenvalue weighted by Crippen LogP contribution is -2.68. The molecule has 2 aliphatic heterocycles. The molecule has 4 aliphatic carbocycles. The molecule has 11 nitrogen and oxygen atoms in total. The van der Waals surface area contributed by atoms with Gasteiger partial charge in [-0.25, -0.2) is 0 Å². The number of benzene rings is 2. The molecular weight excluding hydrogens is 572 g/mol. The van der Waals surface area contributed by atoms with E-state index in [1.165, 1.54) is 49.6 Å². The molecule has 11 heteroatoms. The maximum Gasteiger partial charge on any atom is 0.185 e. The van der Waals surface area contributed by atoms with Crippen LogP contribution in [0.4, 0.5) is 0 Å². The first-order valence-corrected chi connectivity index (χ1v) is 14.1. The lowest BCUT2D eigenvalue weighted by molar-refractivity contribution is -0.183. The minimum absolute atomic E-state index is 0.0276. The average Bonchev–Trinajstić information content (AvgIpc) is 2.96. The van der Waals surface area contributed by atoms with E-state index in [4.69, 9.17) is 14.2 Å². The number of allylic oxidation sites excluding steroid dienone is 4. The zero-order chi connectivity index (χ0) is 31.0. The first-order chi connectivity index (χ1) is 20.9. The quantitative estimate of drug-likeness (QED) is 0.274. The zero-order valence-corrected chi connectivity index (χ0v) is 23.4. The van der Waals surface area contributed by atoms with Crippen LogP contribution in [-0.2, 0) is 47.5 Å². The van der Waals surface area contributed by atoms with Crippen molar-refractivity contribution in [3.05, 3.63) is 94.0 Å². The SMILES string of the molecule is CO[C@H]1[C@]2(O)COC3=CC(=O)C([C@@H]4[C@]5(O)COC6=CC(=O)C=C[C@]64c4cc(O)c(O)cc4C5)=C[C@@]31c1cc(O)c(O)cc1C2. The van der Waals surface area contributed by atoms with Crippen LogP contribution in [0.15, 0.2) is 71.7 Å². The van der Waals surface area contributed by atoms with Crippen molar-refractivity contribution in [1.82, 2.24) is 0 Å². The first kappa shape index (κ1) is 27.0. The number of aromatic hydroxyl groups is 4. The minimum Gasteiger partial charge on any atom is -0.504 e. The number of carbonyl (C=O) groups is 2. The summed E-state index contributed by atoms with van der Waals surface area (Å²) in [5.41, 5.74) is -4.27. The summed E-state index contributed by atoms with van der Waals surface area (Å²) in [4.78, 5) is 26.8. The van der Waals surface area contributed by atoms with Gasteiger partial charge in [-0.2, -0.15) is 0 Å². The van der Waals surface area contributed by atoms with E-state index >= 15 is 0 Å². The monoisotopic (exact) mass is 600 g/mol. The molecule has 2 aromatic rings. The van der Waals surface area contributed by atoms with Crippen molar-refractivity contribution in [2.45, 2.75) is 41.0 Å². The standard InChI is InChI=1S/C33H28O11/c1-42-29-31(41)11-16-5-23(37)25(39)8-20(16)33(29)12-18(21(35)9-27(33)44-14-31)28-30(40)10-15-4-22(36)24(38)7-19(15)32(28)3-2-17(34)6-26(32)43-13-30/h2-9,12,28-29,36-41H,10-11,13-14H2,1H3/t28-,29+,30-,31-,32+,33-/m1/s1. The lowest BCUT2D eigenvalue weighted by Gasteiger charge is -2.59. The third-order valence-corrected chi connectivity index (χ3v) is 10.2. The Morgan fingerprint density at radius 1 is 0.773 bits per heavy atom. The van der Waals surface area contributed by atoms with Crippen LogP contribution in [0, 0.1) is 5.92 Å². The molecule has 226 valence electrons. The zero-order valence-electron chi connectivity index (χ0n) is 23.4. The fraction of sp³-hybridized carbons (Fsp3) is 0.333. The van der Waals surface area contributed by atoms with Crippen molar-refractivity contribution >= 4 is 11.6 Å². The molecule has 2 spiro atoms. The molecule has 6 aliphatic rings. The number of hydrogen-bond donors (Lipinski definition) is 6. The molecule has 2 aromatic carbocycles. The van der Waals surface area contributed by atoms with Crippen molar-refractivity contribution in [1.29, 1.82) is 0 Å². The Kier molecular flexibility index (Phi) is 5.11. The molecule has 4 bridgehead atoms. The molecule has 2 fully saturated rings. The Morgan fingerprint density at radius 3 is 1.95 bits per heavy atom. The van der Waals surface area contributed by atoms with Crippen molar-refractivity contribution in [2.75, 3.05) is 20.3 Å². The number of carbonyl (C=O) groups excluding carboxylic acids is 2. The van der Waals surface area contributed by atoms with Gasteiger partial charge >= 0.3 is 0 Å². The maximum atomic E-state index is 14.2. The topological polar surface area (TPSA) is 183 Å². The van der Waals surface area contributed by atoms with Gasteiger partial charge in [-0.3, -0.25) is 9.59 Å². The molecule has 2 saturated heterocycles. The number of ether oxygens (including phenoxy) is 3. The molecule has 0 radical (unpaired) electrons. The smallest absolute Gasteiger partial charge is 0.185 e. The van der Waals surface area contributed by atoms with Gasteiger partial charge in [-0.1, -0.05) is 12.2 Å². The normalized spacial score (nSPS) is 35.9. The van der Waals surface area contributed by atoms with Gasteiger partial charge in [-0.15, -0.1) is 0 Å². The van der Waals surface area contributed by atoms with Gasteiger partial charge in [0.2, 0.25) is 0 Å². The molecule has 44 heavy (non-hydrogen) atoms. The van der Waals surface area contributed by atoms with E-state index in [9.17, 15) is 40.2 Å². The van der Waals surface area contributed by atoms with Gasteiger partial charge in [0.15, 0.2) is 34.6 Å². The number of aliphatic hydroxyl groups is 2. The van der Waals surface area contributed by atoms with Crippen molar-refractivity contribution in [2.24, 2.45) is 5.92 Å². The first-order valence-electron chi connectivity index (χ1n) is 14.1. The van der Waals surface area contributed by atoms with E-state index in [0.717, 1.165) is 0 Å². The fourth-order valence-corrected chi connectivity index (χ4v) is 8.63. The van der Waals surface area contributed by atoms with Crippen LogP contribution in [0.2, 0.25) is 0 Å². The van der Waals surface area contributed by atoms with Gasteiger partial charge < -0.3 is 44.8 Å². The second-order valence-electron chi connectivity index (χ2n) is 12.6. The molecule has 0 unspecified atom stereocenters. The number of fused-ring (bicyclic) bond motifs is 4.